The molecule has 1 saturated heterocycles. The van der Waals surface area contributed by atoms with E-state index in [1.54, 1.807) is 6.92 Å². The highest BCUT2D eigenvalue weighted by atomic mass is 16.1. The minimum absolute atomic E-state index is 0.0973. The van der Waals surface area contributed by atoms with Gasteiger partial charge in [-0.2, -0.15) is 0 Å². The summed E-state index contributed by atoms with van der Waals surface area (Å²) in [6.07, 6.45) is 6.08. The minimum atomic E-state index is 0.0973. The van der Waals surface area contributed by atoms with Gasteiger partial charge >= 0.3 is 0 Å². The number of carbonyl (C=O) groups excluding carboxylic acids is 1. The highest BCUT2D eigenvalue weighted by Gasteiger charge is 2.35. The van der Waals surface area contributed by atoms with Crippen molar-refractivity contribution in [3.05, 3.63) is 36.0 Å². The summed E-state index contributed by atoms with van der Waals surface area (Å²) >= 11 is 0. The molecule has 0 unspecified atom stereocenters. The van der Waals surface area contributed by atoms with E-state index in [0.29, 0.717) is 6.04 Å². The zero-order valence-corrected chi connectivity index (χ0v) is 13.8. The molecule has 2 aliphatic rings. The van der Waals surface area contributed by atoms with Gasteiger partial charge in [0.1, 0.15) is 0 Å². The van der Waals surface area contributed by atoms with Crippen LogP contribution in [0.4, 0.5) is 0 Å². The fraction of sp³-hybridized carbons (Fsp3) is 0.526. The van der Waals surface area contributed by atoms with Crippen molar-refractivity contribution in [2.24, 2.45) is 5.92 Å². The fourth-order valence-electron chi connectivity index (χ4n) is 4.17. The molecule has 1 aromatic carbocycles. The van der Waals surface area contributed by atoms with Gasteiger partial charge in [0, 0.05) is 50.7 Å². The summed E-state index contributed by atoms with van der Waals surface area (Å²) in [5.74, 6) is 0.833. The molecule has 23 heavy (non-hydrogen) atoms. The lowest BCUT2D eigenvalue weighted by Gasteiger charge is -2.43. The van der Waals surface area contributed by atoms with Gasteiger partial charge in [-0.05, 0) is 30.4 Å². The zero-order chi connectivity index (χ0) is 15.8. The van der Waals surface area contributed by atoms with E-state index < -0.39 is 0 Å². The molecule has 2 aromatic rings. The maximum Gasteiger partial charge on any atom is 0.227 e. The Labute approximate surface area is 137 Å². The topological polar surface area (TPSA) is 37.3 Å². The van der Waals surface area contributed by atoms with Crippen LogP contribution in [0.5, 0.6) is 0 Å². The second-order valence-electron chi connectivity index (χ2n) is 6.91. The van der Waals surface area contributed by atoms with Crippen LogP contribution in [0, 0.1) is 5.92 Å². The molecule has 0 amide bonds. The largest absolute Gasteiger partial charge is 0.314 e. The van der Waals surface area contributed by atoms with Crippen molar-refractivity contribution in [1.29, 1.82) is 0 Å². The third-order valence-corrected chi connectivity index (χ3v) is 5.54. The van der Waals surface area contributed by atoms with Crippen LogP contribution in [0.1, 0.15) is 42.6 Å². The smallest absolute Gasteiger partial charge is 0.227 e. The van der Waals surface area contributed by atoms with Crippen molar-refractivity contribution < 1.29 is 4.79 Å². The zero-order valence-electron chi connectivity index (χ0n) is 13.8. The monoisotopic (exact) mass is 311 g/mol. The maximum absolute atomic E-state index is 12.1. The van der Waals surface area contributed by atoms with Crippen LogP contribution < -0.4 is 5.32 Å². The van der Waals surface area contributed by atoms with Crippen molar-refractivity contribution in [1.82, 2.24) is 14.8 Å². The van der Waals surface area contributed by atoms with Crippen molar-refractivity contribution in [3.8, 4) is 0 Å². The number of nitrogens with one attached hydrogen (secondary N) is 1. The summed E-state index contributed by atoms with van der Waals surface area (Å²) < 4.78 is 1.83. The summed E-state index contributed by atoms with van der Waals surface area (Å²) in [4.78, 5) is 14.7. The molecule has 4 heteroatoms. The van der Waals surface area contributed by atoms with Crippen molar-refractivity contribution >= 4 is 16.8 Å². The molecular formula is C19H25N3O. The molecule has 1 N–H and O–H groups in total. The van der Waals surface area contributed by atoms with Gasteiger partial charge < -0.3 is 5.32 Å². The number of hydrogen-bond donors (Lipinski definition) is 1. The molecule has 1 saturated carbocycles. The Bertz CT molecular complexity index is 710. The quantitative estimate of drug-likeness (QED) is 0.946. The lowest BCUT2D eigenvalue weighted by molar-refractivity contribution is 0.0840. The first kappa shape index (κ1) is 14.9. The second-order valence-corrected chi connectivity index (χ2v) is 6.91. The van der Waals surface area contributed by atoms with Crippen LogP contribution in [0.25, 0.3) is 10.9 Å². The van der Waals surface area contributed by atoms with Gasteiger partial charge in [-0.1, -0.05) is 24.6 Å². The Morgan fingerprint density at radius 2 is 1.96 bits per heavy atom. The van der Waals surface area contributed by atoms with E-state index in [0.717, 1.165) is 37.6 Å². The van der Waals surface area contributed by atoms with E-state index in [1.807, 2.05) is 10.6 Å². The Balaban J connectivity index is 1.81. The van der Waals surface area contributed by atoms with Gasteiger partial charge in [0.2, 0.25) is 5.91 Å². The molecule has 0 spiro atoms. The number of hydrogen-bond acceptors (Lipinski definition) is 3. The van der Waals surface area contributed by atoms with Gasteiger partial charge in [0.25, 0.3) is 0 Å². The SMILES string of the molecule is CC(=O)n1cc([C@@H](C2CCC2)N2CCNCC2)c2ccccc21. The first-order valence-electron chi connectivity index (χ1n) is 8.81. The molecule has 4 rings (SSSR count). The lowest BCUT2D eigenvalue weighted by atomic mass is 9.76. The van der Waals surface area contributed by atoms with Gasteiger partial charge in [-0.15, -0.1) is 0 Å². The maximum atomic E-state index is 12.1. The molecular weight excluding hydrogens is 286 g/mol. The Morgan fingerprint density at radius 3 is 2.61 bits per heavy atom. The summed E-state index contributed by atoms with van der Waals surface area (Å²) in [7, 11) is 0. The normalized spacial score (nSPS) is 21.3. The average molecular weight is 311 g/mol. The molecule has 1 aliphatic carbocycles. The molecule has 1 atom stereocenters. The summed E-state index contributed by atoms with van der Waals surface area (Å²) in [6.45, 7) is 5.98. The van der Waals surface area contributed by atoms with Gasteiger partial charge in [-0.25, -0.2) is 0 Å². The number of fused-ring (bicyclic) bond motifs is 1. The van der Waals surface area contributed by atoms with E-state index in [4.69, 9.17) is 0 Å². The number of nitrogens with zero attached hydrogens (tertiary/aromatic N) is 2. The van der Waals surface area contributed by atoms with Crippen LogP contribution in [-0.4, -0.2) is 41.6 Å². The number of piperazine rings is 1. The molecule has 1 aromatic heterocycles. The standard InChI is InChI=1S/C19H25N3O/c1-14(23)22-13-17(16-7-2-3-8-18(16)22)19(15-5-4-6-15)21-11-9-20-10-12-21/h2-3,7-8,13,15,19-20H,4-6,9-12H2,1H3/t19-/m1/s1. The molecule has 122 valence electrons. The number of benzene rings is 1. The van der Waals surface area contributed by atoms with E-state index in [9.17, 15) is 4.79 Å². The fourth-order valence-corrected chi connectivity index (χ4v) is 4.17. The first-order valence-corrected chi connectivity index (χ1v) is 8.81. The van der Waals surface area contributed by atoms with E-state index in [1.165, 1.54) is 30.2 Å². The molecule has 4 nitrogen and oxygen atoms in total. The van der Waals surface area contributed by atoms with E-state index in [-0.39, 0.29) is 5.91 Å². The highest BCUT2D eigenvalue weighted by molar-refractivity contribution is 5.93. The molecule has 0 radical (unpaired) electrons. The van der Waals surface area contributed by atoms with Gasteiger partial charge in [-0.3, -0.25) is 14.3 Å². The Hall–Kier alpha value is -1.65. The third kappa shape index (κ3) is 2.60. The van der Waals surface area contributed by atoms with Gasteiger partial charge in [0.05, 0.1) is 5.52 Å². The summed E-state index contributed by atoms with van der Waals surface area (Å²) in [5.41, 5.74) is 2.40. The Morgan fingerprint density at radius 1 is 1.22 bits per heavy atom. The van der Waals surface area contributed by atoms with E-state index in [2.05, 4.69) is 34.6 Å². The van der Waals surface area contributed by atoms with Crippen LogP contribution >= 0.6 is 0 Å². The molecule has 2 fully saturated rings. The molecule has 0 bridgehead atoms. The Kier molecular flexibility index (Phi) is 3.95. The molecule has 1 aliphatic heterocycles. The second kappa shape index (κ2) is 6.10. The third-order valence-electron chi connectivity index (χ3n) is 5.54. The minimum Gasteiger partial charge on any atom is -0.314 e. The first-order chi connectivity index (χ1) is 11.3. The number of carbonyl (C=O) groups is 1. The van der Waals surface area contributed by atoms with Crippen LogP contribution in [0.3, 0.4) is 0 Å². The average Bonchev–Trinajstić information content (AvgIpc) is 2.91. The van der Waals surface area contributed by atoms with Crippen LogP contribution in [0.2, 0.25) is 0 Å². The number of rotatable bonds is 3. The lowest BCUT2D eigenvalue weighted by Crippen LogP contribution is -2.47. The van der Waals surface area contributed by atoms with Crippen molar-refractivity contribution in [2.75, 3.05) is 26.2 Å². The van der Waals surface area contributed by atoms with E-state index >= 15 is 0 Å². The van der Waals surface area contributed by atoms with Crippen molar-refractivity contribution in [2.45, 2.75) is 32.2 Å². The predicted molar refractivity (Wildman–Crippen MR) is 92.8 cm³/mol. The number of aromatic nitrogens is 1. The summed E-state index contributed by atoms with van der Waals surface area (Å²) in [5, 5.41) is 4.70. The number of para-hydroxylation sites is 1. The highest BCUT2D eigenvalue weighted by Crippen LogP contribution is 2.44. The predicted octanol–water partition coefficient (Wildman–Crippen LogP) is 3.05. The molecule has 2 heterocycles. The van der Waals surface area contributed by atoms with Crippen LogP contribution in [0.15, 0.2) is 30.5 Å². The van der Waals surface area contributed by atoms with Crippen LogP contribution in [-0.2, 0) is 0 Å². The summed E-state index contributed by atoms with van der Waals surface area (Å²) in [6, 6.07) is 8.81. The van der Waals surface area contributed by atoms with Crippen molar-refractivity contribution in [3.63, 3.8) is 0 Å². The van der Waals surface area contributed by atoms with Gasteiger partial charge in [0.15, 0.2) is 0 Å².